The van der Waals surface area contributed by atoms with E-state index in [2.05, 4.69) is 12.2 Å². The summed E-state index contributed by atoms with van der Waals surface area (Å²) in [5.74, 6) is 0.872. The molecule has 1 aromatic carbocycles. The molecular formula is C17H24NO3Y-. The summed E-state index contributed by atoms with van der Waals surface area (Å²) < 4.78 is 11.5. The number of carbonyl (C=O) groups is 1. The van der Waals surface area contributed by atoms with E-state index >= 15 is 0 Å². The van der Waals surface area contributed by atoms with Gasteiger partial charge in [-0.1, -0.05) is 24.1 Å². The third-order valence-corrected chi connectivity index (χ3v) is 3.65. The van der Waals surface area contributed by atoms with E-state index < -0.39 is 0 Å². The molecule has 1 amide bonds. The fraction of sp³-hybridized carbons (Fsp3) is 0.529. The first kappa shape index (κ1) is 19.6. The van der Waals surface area contributed by atoms with Gasteiger partial charge in [0.2, 0.25) is 5.91 Å². The van der Waals surface area contributed by atoms with Crippen molar-refractivity contribution >= 4 is 5.91 Å². The Balaban J connectivity index is 0.00000242. The van der Waals surface area contributed by atoms with Crippen LogP contribution in [0.15, 0.2) is 24.3 Å². The maximum absolute atomic E-state index is 11.8. The first-order valence-corrected chi connectivity index (χ1v) is 7.58. The number of amides is 1. The Morgan fingerprint density at radius 1 is 1.27 bits per heavy atom. The second-order valence-electron chi connectivity index (χ2n) is 5.48. The molecule has 22 heavy (non-hydrogen) atoms. The Morgan fingerprint density at radius 3 is 2.68 bits per heavy atom. The molecule has 0 aromatic heterocycles. The fourth-order valence-electron chi connectivity index (χ4n) is 2.34. The third-order valence-electron chi connectivity index (χ3n) is 3.65. The molecule has 1 aliphatic heterocycles. The van der Waals surface area contributed by atoms with Crippen LogP contribution in [0.3, 0.4) is 0 Å². The van der Waals surface area contributed by atoms with Crippen LogP contribution in [0.5, 0.6) is 5.75 Å². The van der Waals surface area contributed by atoms with Gasteiger partial charge in [0.25, 0.3) is 0 Å². The van der Waals surface area contributed by atoms with E-state index in [0.29, 0.717) is 19.8 Å². The first-order valence-electron chi connectivity index (χ1n) is 7.58. The summed E-state index contributed by atoms with van der Waals surface area (Å²) in [7, 11) is 0. The fourth-order valence-corrected chi connectivity index (χ4v) is 2.34. The zero-order valence-corrected chi connectivity index (χ0v) is 16.1. The van der Waals surface area contributed by atoms with Crippen LogP contribution in [0.4, 0.5) is 0 Å². The molecule has 1 aromatic rings. The number of aryl methyl sites for hydroxylation is 1. The van der Waals surface area contributed by atoms with Gasteiger partial charge in [0.05, 0.1) is 6.61 Å². The summed E-state index contributed by atoms with van der Waals surface area (Å²) in [5.41, 5.74) is 1.20. The van der Waals surface area contributed by atoms with E-state index in [1.54, 1.807) is 0 Å². The van der Waals surface area contributed by atoms with Crippen molar-refractivity contribution in [1.29, 1.82) is 0 Å². The van der Waals surface area contributed by atoms with Crippen molar-refractivity contribution < 1.29 is 47.0 Å². The van der Waals surface area contributed by atoms with E-state index in [0.717, 1.165) is 25.0 Å². The quantitative estimate of drug-likeness (QED) is 0.558. The minimum atomic E-state index is -0.389. The van der Waals surface area contributed by atoms with Gasteiger partial charge < -0.3 is 21.7 Å². The number of rotatable bonds is 8. The largest absolute Gasteiger partial charge is 0.493 e. The minimum absolute atomic E-state index is 0. The molecule has 0 unspecified atom stereocenters. The van der Waals surface area contributed by atoms with Gasteiger partial charge in [-0.25, -0.2) is 0 Å². The number of ether oxygens (including phenoxy) is 2. The molecule has 1 aliphatic rings. The van der Waals surface area contributed by atoms with Crippen molar-refractivity contribution in [2.75, 3.05) is 19.8 Å². The van der Waals surface area contributed by atoms with Crippen molar-refractivity contribution in [3.05, 3.63) is 36.8 Å². The van der Waals surface area contributed by atoms with E-state index in [1.165, 1.54) is 5.56 Å². The Bertz CT molecular complexity index is 450. The molecule has 1 radical (unpaired) electrons. The summed E-state index contributed by atoms with van der Waals surface area (Å²) in [6.45, 7) is 7.55. The van der Waals surface area contributed by atoms with Crippen LogP contribution in [0.2, 0.25) is 0 Å². The Hall–Kier alpha value is -0.446. The van der Waals surface area contributed by atoms with E-state index in [4.69, 9.17) is 9.47 Å². The molecule has 2 atom stereocenters. The number of hydrogen-bond acceptors (Lipinski definition) is 3. The summed E-state index contributed by atoms with van der Waals surface area (Å²) in [6, 6.07) is 7.92. The van der Waals surface area contributed by atoms with Crippen molar-refractivity contribution in [2.24, 2.45) is 5.92 Å². The predicted molar refractivity (Wildman–Crippen MR) is 82.1 cm³/mol. The van der Waals surface area contributed by atoms with Crippen LogP contribution < -0.4 is 10.1 Å². The topological polar surface area (TPSA) is 47.6 Å². The summed E-state index contributed by atoms with van der Waals surface area (Å²) in [4.78, 5) is 11.8. The van der Waals surface area contributed by atoms with Gasteiger partial charge in [-0.3, -0.25) is 4.79 Å². The van der Waals surface area contributed by atoms with Crippen LogP contribution in [-0.2, 0) is 42.2 Å². The number of unbranched alkanes of at least 4 members (excludes halogenated alkanes) is 2. The van der Waals surface area contributed by atoms with Gasteiger partial charge in [-0.2, -0.15) is 6.42 Å². The molecular weight excluding hydrogens is 355 g/mol. The molecule has 1 heterocycles. The van der Waals surface area contributed by atoms with Crippen molar-refractivity contribution in [3.8, 4) is 5.75 Å². The van der Waals surface area contributed by atoms with Crippen LogP contribution in [0, 0.1) is 19.8 Å². The molecule has 0 spiro atoms. The molecule has 0 bridgehead atoms. The number of hydrogen-bond donors (Lipinski definition) is 1. The smallest absolute Gasteiger partial charge is 0.249 e. The SMILES string of the molecule is [CH2-]CCCCO[C@H]1C(=O)NC[C@@H]1COc1ccc(C)cc1.[Y]. The van der Waals surface area contributed by atoms with E-state index in [-0.39, 0.29) is 50.6 Å². The minimum Gasteiger partial charge on any atom is -0.493 e. The molecule has 2 rings (SSSR count). The van der Waals surface area contributed by atoms with E-state index in [1.807, 2.05) is 31.2 Å². The zero-order chi connectivity index (χ0) is 15.1. The number of nitrogens with one attached hydrogen (secondary N) is 1. The maximum atomic E-state index is 11.8. The van der Waals surface area contributed by atoms with Gasteiger partial charge in [0.15, 0.2) is 0 Å². The summed E-state index contributed by atoms with van der Waals surface area (Å²) >= 11 is 0. The van der Waals surface area contributed by atoms with Crippen LogP contribution >= 0.6 is 0 Å². The second kappa shape index (κ2) is 10.4. The number of carbonyl (C=O) groups excluding carboxylic acids is 1. The molecule has 5 heteroatoms. The monoisotopic (exact) mass is 379 g/mol. The van der Waals surface area contributed by atoms with E-state index in [9.17, 15) is 4.79 Å². The average Bonchev–Trinajstić information content (AvgIpc) is 2.84. The van der Waals surface area contributed by atoms with Crippen LogP contribution in [-0.4, -0.2) is 31.8 Å². The molecule has 4 nitrogen and oxygen atoms in total. The normalized spacial score (nSPS) is 20.4. The summed E-state index contributed by atoms with van der Waals surface area (Å²) in [6.07, 6.45) is 2.48. The Kier molecular flexibility index (Phi) is 9.22. The molecule has 119 valence electrons. The maximum Gasteiger partial charge on any atom is 0.249 e. The standard InChI is InChI=1S/C17H24NO3.Y/c1-3-4-5-10-20-16-14(11-18-17(16)19)12-21-15-8-6-13(2)7-9-15;/h6-9,14,16H,1,3-5,10-12H2,2H3,(H,18,19);/q-1;/t14-,16-;/m1./s1. The molecule has 0 saturated carbocycles. The van der Waals surface area contributed by atoms with Crippen molar-refractivity contribution in [3.63, 3.8) is 0 Å². The van der Waals surface area contributed by atoms with Gasteiger partial charge in [0.1, 0.15) is 11.9 Å². The predicted octanol–water partition coefficient (Wildman–Crippen LogP) is 2.51. The third kappa shape index (κ3) is 5.98. The van der Waals surface area contributed by atoms with Gasteiger partial charge in [-0.15, -0.1) is 0 Å². The van der Waals surface area contributed by atoms with Crippen molar-refractivity contribution in [2.45, 2.75) is 32.3 Å². The van der Waals surface area contributed by atoms with Crippen molar-refractivity contribution in [1.82, 2.24) is 5.32 Å². The van der Waals surface area contributed by atoms with Crippen LogP contribution in [0.1, 0.15) is 24.8 Å². The summed E-state index contributed by atoms with van der Waals surface area (Å²) in [5, 5.41) is 2.85. The first-order chi connectivity index (χ1) is 10.2. The molecule has 1 fully saturated rings. The molecule has 1 saturated heterocycles. The second-order valence-corrected chi connectivity index (χ2v) is 5.48. The molecule has 0 aliphatic carbocycles. The zero-order valence-electron chi connectivity index (χ0n) is 13.2. The Labute approximate surface area is 158 Å². The molecule has 1 N–H and O–H groups in total. The van der Waals surface area contributed by atoms with Crippen LogP contribution in [0.25, 0.3) is 0 Å². The van der Waals surface area contributed by atoms with Gasteiger partial charge >= 0.3 is 0 Å². The number of benzene rings is 1. The van der Waals surface area contributed by atoms with Gasteiger partial charge in [-0.05, 0) is 25.5 Å². The van der Waals surface area contributed by atoms with Gasteiger partial charge in [0, 0.05) is 51.8 Å². The average molecular weight is 379 g/mol. The Morgan fingerprint density at radius 2 is 2.00 bits per heavy atom.